The summed E-state index contributed by atoms with van der Waals surface area (Å²) in [6.45, 7) is 1.85. The van der Waals surface area contributed by atoms with Crippen molar-refractivity contribution in [3.8, 4) is 0 Å². The van der Waals surface area contributed by atoms with Gasteiger partial charge in [-0.15, -0.1) is 0 Å². The number of nitrogens with zero attached hydrogens (tertiary/aromatic N) is 2. The lowest BCUT2D eigenvalue weighted by Gasteiger charge is -2.19. The van der Waals surface area contributed by atoms with Crippen LogP contribution in [0.4, 0.5) is 5.82 Å². The highest BCUT2D eigenvalue weighted by Crippen LogP contribution is 2.17. The molecule has 0 fully saturated rings. The highest BCUT2D eigenvalue weighted by Gasteiger charge is 2.10. The smallest absolute Gasteiger partial charge is 0.134 e. The molecule has 0 bridgehead atoms. The number of aryl methyl sites for hydroxylation is 1. The number of anilines is 1. The number of aromatic nitrogens is 2. The monoisotopic (exact) mass is 223 g/mol. The largest absolute Gasteiger partial charge is 0.367 e. The Morgan fingerprint density at radius 1 is 1.40 bits per heavy atom. The summed E-state index contributed by atoms with van der Waals surface area (Å²) < 4.78 is 0. The Hall–Kier alpha value is -1.09. The van der Waals surface area contributed by atoms with Gasteiger partial charge in [0.2, 0.25) is 0 Å². The van der Waals surface area contributed by atoms with Crippen molar-refractivity contribution in [3.63, 3.8) is 0 Å². The molecule has 0 amide bonds. The zero-order valence-electron chi connectivity index (χ0n) is 8.70. The zero-order chi connectivity index (χ0) is 10.7. The Morgan fingerprint density at radius 3 is 2.93 bits per heavy atom. The van der Waals surface area contributed by atoms with Gasteiger partial charge in [-0.25, -0.2) is 9.97 Å². The molecule has 15 heavy (non-hydrogen) atoms. The topological polar surface area (TPSA) is 37.8 Å². The third-order valence-electron chi connectivity index (χ3n) is 2.43. The summed E-state index contributed by atoms with van der Waals surface area (Å²) in [5.74, 6) is 1.53. The minimum absolute atomic E-state index is 0.473. The van der Waals surface area contributed by atoms with Gasteiger partial charge < -0.3 is 5.32 Å². The lowest BCUT2D eigenvalue weighted by atomic mass is 10.0. The standard InChI is InChI=1S/C11H14ClN3/c1-8-13-10(12)7-11(14-8)15-9-5-3-2-4-6-9/h2-3,7,9H,4-6H2,1H3,(H,13,14,15). The molecule has 1 N–H and O–H groups in total. The van der Waals surface area contributed by atoms with Gasteiger partial charge in [0.05, 0.1) is 0 Å². The average Bonchev–Trinajstić information content (AvgIpc) is 2.17. The highest BCUT2D eigenvalue weighted by molar-refractivity contribution is 6.29. The first-order chi connectivity index (χ1) is 7.24. The fraction of sp³-hybridized carbons (Fsp3) is 0.455. The van der Waals surface area contributed by atoms with Crippen LogP contribution in [0.1, 0.15) is 25.1 Å². The molecule has 3 nitrogen and oxygen atoms in total. The second kappa shape index (κ2) is 4.62. The van der Waals surface area contributed by atoms with Crippen LogP contribution in [0.15, 0.2) is 18.2 Å². The van der Waals surface area contributed by atoms with Crippen LogP contribution in [0.2, 0.25) is 5.15 Å². The van der Waals surface area contributed by atoms with E-state index in [4.69, 9.17) is 11.6 Å². The Bertz CT molecular complexity index is 356. The second-order valence-electron chi connectivity index (χ2n) is 3.75. The van der Waals surface area contributed by atoms with E-state index < -0.39 is 0 Å². The highest BCUT2D eigenvalue weighted by atomic mass is 35.5. The molecule has 1 aromatic heterocycles. The van der Waals surface area contributed by atoms with Crippen molar-refractivity contribution in [3.05, 3.63) is 29.2 Å². The molecule has 0 aliphatic heterocycles. The predicted octanol–water partition coefficient (Wildman–Crippen LogP) is 2.96. The third kappa shape index (κ3) is 2.93. The molecule has 1 atom stereocenters. The summed E-state index contributed by atoms with van der Waals surface area (Å²) in [6.07, 6.45) is 7.76. The average molecular weight is 224 g/mol. The molecular weight excluding hydrogens is 210 g/mol. The van der Waals surface area contributed by atoms with Gasteiger partial charge in [-0.05, 0) is 26.2 Å². The van der Waals surface area contributed by atoms with Gasteiger partial charge in [-0.3, -0.25) is 0 Å². The van der Waals surface area contributed by atoms with E-state index >= 15 is 0 Å². The SMILES string of the molecule is Cc1nc(Cl)cc(NC2CC=CCC2)n1. The first kappa shape index (κ1) is 10.4. The molecular formula is C11H14ClN3. The molecule has 0 saturated heterocycles. The van der Waals surface area contributed by atoms with Gasteiger partial charge in [-0.2, -0.15) is 0 Å². The first-order valence-corrected chi connectivity index (χ1v) is 5.54. The molecule has 0 radical (unpaired) electrons. The number of rotatable bonds is 2. The van der Waals surface area contributed by atoms with Gasteiger partial charge >= 0.3 is 0 Å². The van der Waals surface area contributed by atoms with E-state index in [1.807, 2.05) is 6.92 Å². The van der Waals surface area contributed by atoms with Crippen LogP contribution in [0.25, 0.3) is 0 Å². The molecule has 80 valence electrons. The van der Waals surface area contributed by atoms with E-state index in [2.05, 4.69) is 27.4 Å². The van der Waals surface area contributed by atoms with Crippen molar-refractivity contribution in [2.75, 3.05) is 5.32 Å². The van der Waals surface area contributed by atoms with Crippen molar-refractivity contribution < 1.29 is 0 Å². The Balaban J connectivity index is 2.06. The molecule has 1 aliphatic carbocycles. The lowest BCUT2D eigenvalue weighted by molar-refractivity contribution is 0.641. The normalized spacial score (nSPS) is 20.3. The van der Waals surface area contributed by atoms with Crippen molar-refractivity contribution >= 4 is 17.4 Å². The second-order valence-corrected chi connectivity index (χ2v) is 4.14. The molecule has 0 aromatic carbocycles. The van der Waals surface area contributed by atoms with E-state index in [9.17, 15) is 0 Å². The lowest BCUT2D eigenvalue weighted by Crippen LogP contribution is -2.21. The fourth-order valence-corrected chi connectivity index (χ4v) is 1.96. The summed E-state index contributed by atoms with van der Waals surface area (Å²) in [6, 6.07) is 2.24. The summed E-state index contributed by atoms with van der Waals surface area (Å²) in [4.78, 5) is 8.33. The third-order valence-corrected chi connectivity index (χ3v) is 2.62. The van der Waals surface area contributed by atoms with Crippen LogP contribution >= 0.6 is 11.6 Å². The Kier molecular flexibility index (Phi) is 3.21. The number of halogens is 1. The maximum absolute atomic E-state index is 5.86. The van der Waals surface area contributed by atoms with Crippen LogP contribution in [-0.4, -0.2) is 16.0 Å². The van der Waals surface area contributed by atoms with Crippen LogP contribution < -0.4 is 5.32 Å². The van der Waals surface area contributed by atoms with Crippen molar-refractivity contribution in [1.29, 1.82) is 0 Å². The number of nitrogens with one attached hydrogen (secondary N) is 1. The molecule has 2 rings (SSSR count). The number of hydrogen-bond acceptors (Lipinski definition) is 3. The Morgan fingerprint density at radius 2 is 2.27 bits per heavy atom. The van der Waals surface area contributed by atoms with Crippen molar-refractivity contribution in [1.82, 2.24) is 9.97 Å². The van der Waals surface area contributed by atoms with Gasteiger partial charge in [0.15, 0.2) is 0 Å². The quantitative estimate of drug-likeness (QED) is 0.619. The minimum Gasteiger partial charge on any atom is -0.367 e. The minimum atomic E-state index is 0.473. The van der Waals surface area contributed by atoms with E-state index in [0.717, 1.165) is 25.1 Å². The maximum Gasteiger partial charge on any atom is 0.134 e. The number of allylic oxidation sites excluding steroid dienone is 1. The summed E-state index contributed by atoms with van der Waals surface area (Å²) in [7, 11) is 0. The molecule has 1 aromatic rings. The van der Waals surface area contributed by atoms with Gasteiger partial charge in [0.1, 0.15) is 16.8 Å². The molecule has 0 spiro atoms. The zero-order valence-corrected chi connectivity index (χ0v) is 9.46. The van der Waals surface area contributed by atoms with Gasteiger partial charge in [0.25, 0.3) is 0 Å². The van der Waals surface area contributed by atoms with E-state index in [0.29, 0.717) is 17.0 Å². The predicted molar refractivity (Wildman–Crippen MR) is 62.2 cm³/mol. The molecule has 4 heteroatoms. The van der Waals surface area contributed by atoms with Crippen LogP contribution in [0, 0.1) is 6.92 Å². The van der Waals surface area contributed by atoms with Crippen LogP contribution in [-0.2, 0) is 0 Å². The fourth-order valence-electron chi connectivity index (χ4n) is 1.74. The van der Waals surface area contributed by atoms with Gasteiger partial charge in [0, 0.05) is 12.1 Å². The van der Waals surface area contributed by atoms with Crippen molar-refractivity contribution in [2.24, 2.45) is 0 Å². The Labute approximate surface area is 94.6 Å². The molecule has 1 heterocycles. The number of hydrogen-bond donors (Lipinski definition) is 1. The van der Waals surface area contributed by atoms with E-state index in [1.54, 1.807) is 6.07 Å². The van der Waals surface area contributed by atoms with E-state index in [1.165, 1.54) is 0 Å². The molecule has 0 saturated carbocycles. The van der Waals surface area contributed by atoms with Crippen LogP contribution in [0.5, 0.6) is 0 Å². The summed E-state index contributed by atoms with van der Waals surface area (Å²) in [5, 5.41) is 3.87. The van der Waals surface area contributed by atoms with Gasteiger partial charge in [-0.1, -0.05) is 23.8 Å². The van der Waals surface area contributed by atoms with Crippen molar-refractivity contribution in [2.45, 2.75) is 32.2 Å². The van der Waals surface area contributed by atoms with Crippen LogP contribution in [0.3, 0.4) is 0 Å². The molecule has 1 unspecified atom stereocenters. The maximum atomic E-state index is 5.86. The molecule has 1 aliphatic rings. The first-order valence-electron chi connectivity index (χ1n) is 5.17. The summed E-state index contributed by atoms with van der Waals surface area (Å²) >= 11 is 5.86. The van der Waals surface area contributed by atoms with E-state index in [-0.39, 0.29) is 0 Å². The summed E-state index contributed by atoms with van der Waals surface area (Å²) in [5.41, 5.74) is 0.